The zero-order valence-corrected chi connectivity index (χ0v) is 12.3. The Morgan fingerprint density at radius 2 is 1.45 bits per heavy atom. The highest BCUT2D eigenvalue weighted by atomic mass is 16.2. The summed E-state index contributed by atoms with van der Waals surface area (Å²) < 4.78 is 0. The molecule has 4 heteroatoms. The number of nitrogens with zero attached hydrogens (tertiary/aromatic N) is 1. The molecule has 0 spiro atoms. The minimum atomic E-state index is -0.244. The van der Waals surface area contributed by atoms with Gasteiger partial charge in [0.05, 0.1) is 12.5 Å². The predicted molar refractivity (Wildman–Crippen MR) is 77.1 cm³/mol. The topological polar surface area (TPSA) is 49.4 Å². The molecule has 0 aromatic rings. The third-order valence-corrected chi connectivity index (χ3v) is 5.16. The summed E-state index contributed by atoms with van der Waals surface area (Å²) in [4.78, 5) is 26.2. The zero-order valence-electron chi connectivity index (χ0n) is 12.3. The molecule has 1 heterocycles. The Bertz CT molecular complexity index is 369. The molecule has 20 heavy (non-hydrogen) atoms. The Morgan fingerprint density at radius 3 is 2.10 bits per heavy atom. The second-order valence-corrected chi connectivity index (χ2v) is 6.65. The van der Waals surface area contributed by atoms with E-state index in [4.69, 9.17) is 0 Å². The molecule has 1 saturated heterocycles. The van der Waals surface area contributed by atoms with Gasteiger partial charge in [-0.05, 0) is 25.7 Å². The molecule has 0 aromatic heterocycles. The van der Waals surface area contributed by atoms with Crippen LogP contribution in [0.3, 0.4) is 0 Å². The fourth-order valence-corrected chi connectivity index (χ4v) is 4.06. The van der Waals surface area contributed by atoms with Crippen LogP contribution in [0, 0.1) is 0 Å². The van der Waals surface area contributed by atoms with Crippen LogP contribution in [-0.2, 0) is 9.59 Å². The molecule has 3 aliphatic rings. The molecule has 3 fully saturated rings. The first-order valence-corrected chi connectivity index (χ1v) is 8.37. The van der Waals surface area contributed by atoms with Crippen LogP contribution in [0.4, 0.5) is 0 Å². The summed E-state index contributed by atoms with van der Waals surface area (Å²) in [5.74, 6) is 0.0965. The summed E-state index contributed by atoms with van der Waals surface area (Å²) >= 11 is 0. The molecule has 2 aliphatic carbocycles. The fourth-order valence-electron chi connectivity index (χ4n) is 4.06. The van der Waals surface area contributed by atoms with E-state index in [1.807, 2.05) is 0 Å². The van der Waals surface area contributed by atoms with Crippen LogP contribution in [0.25, 0.3) is 0 Å². The minimum Gasteiger partial charge on any atom is -0.303 e. The van der Waals surface area contributed by atoms with Gasteiger partial charge < -0.3 is 5.32 Å². The number of carbonyl (C=O) groups excluding carboxylic acids is 2. The predicted octanol–water partition coefficient (Wildman–Crippen LogP) is 2.37. The van der Waals surface area contributed by atoms with E-state index in [0.717, 1.165) is 38.5 Å². The lowest BCUT2D eigenvalue weighted by molar-refractivity contribution is -0.141. The Kier molecular flexibility index (Phi) is 4.39. The van der Waals surface area contributed by atoms with E-state index < -0.39 is 0 Å². The quantitative estimate of drug-likeness (QED) is 0.637. The second kappa shape index (κ2) is 6.25. The van der Waals surface area contributed by atoms with Gasteiger partial charge in [0.15, 0.2) is 0 Å². The standard InChI is InChI=1S/C16H26N2O2/c19-15-11-14(17-12-7-3-1-2-4-8-12)16(20)18(15)13-9-5-6-10-13/h12-14,17H,1-11H2. The minimum absolute atomic E-state index is 0.0474. The molecule has 0 bridgehead atoms. The van der Waals surface area contributed by atoms with Crippen molar-refractivity contribution in [2.45, 2.75) is 88.8 Å². The molecule has 1 N–H and O–H groups in total. The van der Waals surface area contributed by atoms with Gasteiger partial charge in [0.2, 0.25) is 11.8 Å². The van der Waals surface area contributed by atoms with E-state index >= 15 is 0 Å². The maximum atomic E-state index is 12.5. The summed E-state index contributed by atoms with van der Waals surface area (Å²) in [5, 5.41) is 3.48. The average molecular weight is 278 g/mol. The molecule has 112 valence electrons. The fraction of sp³-hybridized carbons (Fsp3) is 0.875. The highest BCUT2D eigenvalue weighted by Gasteiger charge is 2.43. The van der Waals surface area contributed by atoms with Crippen LogP contribution in [0.5, 0.6) is 0 Å². The van der Waals surface area contributed by atoms with Gasteiger partial charge in [0.25, 0.3) is 0 Å². The molecule has 2 amide bonds. The summed E-state index contributed by atoms with van der Waals surface area (Å²) in [6.07, 6.45) is 12.1. The molecular weight excluding hydrogens is 252 g/mol. The first-order chi connectivity index (χ1) is 9.75. The number of hydrogen-bond acceptors (Lipinski definition) is 3. The van der Waals surface area contributed by atoms with Crippen LogP contribution < -0.4 is 5.32 Å². The van der Waals surface area contributed by atoms with Gasteiger partial charge in [-0.25, -0.2) is 0 Å². The highest BCUT2D eigenvalue weighted by Crippen LogP contribution is 2.29. The molecule has 3 rings (SSSR count). The van der Waals surface area contributed by atoms with Crippen LogP contribution in [0.15, 0.2) is 0 Å². The van der Waals surface area contributed by atoms with Crippen molar-refractivity contribution in [3.63, 3.8) is 0 Å². The summed E-state index contributed by atoms with van der Waals surface area (Å²) in [7, 11) is 0. The summed E-state index contributed by atoms with van der Waals surface area (Å²) in [6, 6.07) is 0.380. The van der Waals surface area contributed by atoms with E-state index in [2.05, 4.69) is 5.32 Å². The molecule has 1 unspecified atom stereocenters. The van der Waals surface area contributed by atoms with Gasteiger partial charge in [0, 0.05) is 12.1 Å². The number of hydrogen-bond donors (Lipinski definition) is 1. The van der Waals surface area contributed by atoms with E-state index in [9.17, 15) is 9.59 Å². The Balaban J connectivity index is 1.60. The smallest absolute Gasteiger partial charge is 0.247 e. The lowest BCUT2D eigenvalue weighted by atomic mass is 10.1. The van der Waals surface area contributed by atoms with Gasteiger partial charge in [-0.2, -0.15) is 0 Å². The lowest BCUT2D eigenvalue weighted by Gasteiger charge is -2.24. The Morgan fingerprint density at radius 1 is 0.850 bits per heavy atom. The maximum Gasteiger partial charge on any atom is 0.247 e. The van der Waals surface area contributed by atoms with Crippen molar-refractivity contribution in [3.8, 4) is 0 Å². The first kappa shape index (κ1) is 14.1. The molecule has 4 nitrogen and oxygen atoms in total. The van der Waals surface area contributed by atoms with Crippen LogP contribution in [0.1, 0.15) is 70.6 Å². The monoisotopic (exact) mass is 278 g/mol. The van der Waals surface area contributed by atoms with E-state index in [1.54, 1.807) is 4.90 Å². The molecule has 2 saturated carbocycles. The third-order valence-electron chi connectivity index (χ3n) is 5.16. The van der Waals surface area contributed by atoms with Crippen molar-refractivity contribution in [3.05, 3.63) is 0 Å². The molecular formula is C16H26N2O2. The average Bonchev–Trinajstić information content (AvgIpc) is 2.93. The molecule has 0 radical (unpaired) electrons. The molecule has 1 atom stereocenters. The summed E-state index contributed by atoms with van der Waals surface area (Å²) in [5.41, 5.74) is 0. The van der Waals surface area contributed by atoms with Crippen LogP contribution in [-0.4, -0.2) is 34.8 Å². The van der Waals surface area contributed by atoms with Crippen molar-refractivity contribution in [1.82, 2.24) is 10.2 Å². The van der Waals surface area contributed by atoms with Crippen molar-refractivity contribution in [1.29, 1.82) is 0 Å². The number of carbonyl (C=O) groups is 2. The van der Waals surface area contributed by atoms with Gasteiger partial charge >= 0.3 is 0 Å². The molecule has 0 aromatic carbocycles. The first-order valence-electron chi connectivity index (χ1n) is 8.37. The van der Waals surface area contributed by atoms with E-state index in [1.165, 1.54) is 25.7 Å². The van der Waals surface area contributed by atoms with Gasteiger partial charge in [-0.3, -0.25) is 14.5 Å². The van der Waals surface area contributed by atoms with Gasteiger partial charge in [-0.15, -0.1) is 0 Å². The Labute approximate surface area is 121 Å². The number of likely N-dealkylation sites (tertiary alicyclic amines) is 1. The number of rotatable bonds is 3. The van der Waals surface area contributed by atoms with Crippen molar-refractivity contribution in [2.24, 2.45) is 0 Å². The van der Waals surface area contributed by atoms with E-state index in [0.29, 0.717) is 12.5 Å². The second-order valence-electron chi connectivity index (χ2n) is 6.65. The van der Waals surface area contributed by atoms with Crippen molar-refractivity contribution < 1.29 is 9.59 Å². The number of amides is 2. The van der Waals surface area contributed by atoms with Crippen molar-refractivity contribution >= 4 is 11.8 Å². The van der Waals surface area contributed by atoms with Crippen LogP contribution >= 0.6 is 0 Å². The van der Waals surface area contributed by atoms with Gasteiger partial charge in [-0.1, -0.05) is 38.5 Å². The SMILES string of the molecule is O=C1CC(NC2CCCCCC2)C(=O)N1C1CCCC1. The van der Waals surface area contributed by atoms with Crippen molar-refractivity contribution in [2.75, 3.05) is 0 Å². The van der Waals surface area contributed by atoms with Gasteiger partial charge in [0.1, 0.15) is 0 Å². The third kappa shape index (κ3) is 2.90. The molecule has 1 aliphatic heterocycles. The maximum absolute atomic E-state index is 12.5. The number of nitrogens with one attached hydrogen (secondary N) is 1. The Hall–Kier alpha value is -0.900. The highest BCUT2D eigenvalue weighted by molar-refractivity contribution is 6.05. The lowest BCUT2D eigenvalue weighted by Crippen LogP contribution is -2.46. The normalized spacial score (nSPS) is 30.2. The van der Waals surface area contributed by atoms with E-state index in [-0.39, 0.29) is 23.9 Å². The number of imide groups is 1. The zero-order chi connectivity index (χ0) is 13.9. The largest absolute Gasteiger partial charge is 0.303 e. The summed E-state index contributed by atoms with van der Waals surface area (Å²) in [6.45, 7) is 0. The van der Waals surface area contributed by atoms with Crippen LogP contribution in [0.2, 0.25) is 0 Å².